The molecule has 8 heteroatoms. The summed E-state index contributed by atoms with van der Waals surface area (Å²) in [5, 5.41) is 2.62. The van der Waals surface area contributed by atoms with Crippen molar-refractivity contribution in [1.82, 2.24) is 14.8 Å². The predicted octanol–water partition coefficient (Wildman–Crippen LogP) is 4.18. The summed E-state index contributed by atoms with van der Waals surface area (Å²) >= 11 is 1.46. The Labute approximate surface area is 196 Å². The molecule has 1 saturated heterocycles. The number of carbonyl (C=O) groups excluding carboxylic acids is 2. The maximum atomic E-state index is 13.3. The number of piperazine rings is 1. The van der Waals surface area contributed by atoms with Crippen LogP contribution >= 0.6 is 11.3 Å². The molecule has 0 aliphatic carbocycles. The van der Waals surface area contributed by atoms with Crippen LogP contribution in [0.2, 0.25) is 0 Å². The fourth-order valence-corrected chi connectivity index (χ4v) is 4.79. The summed E-state index contributed by atoms with van der Waals surface area (Å²) in [6, 6.07) is 13.5. The SMILES string of the molecule is CCc1ccc(-c2nc(C(=O)N3CCN([C@H](C(=O)OC)c4ccc(F)cc4)CC3)cs2)cc1. The maximum absolute atomic E-state index is 13.3. The van der Waals surface area contributed by atoms with Gasteiger partial charge in [-0.3, -0.25) is 9.69 Å². The molecule has 1 aromatic heterocycles. The first-order valence-electron chi connectivity index (χ1n) is 10.9. The number of benzene rings is 2. The van der Waals surface area contributed by atoms with Crippen molar-refractivity contribution in [3.05, 3.63) is 76.5 Å². The number of amides is 1. The molecule has 2 heterocycles. The lowest BCUT2D eigenvalue weighted by Crippen LogP contribution is -2.51. The van der Waals surface area contributed by atoms with E-state index in [4.69, 9.17) is 4.74 Å². The van der Waals surface area contributed by atoms with Gasteiger partial charge in [-0.15, -0.1) is 11.3 Å². The predicted molar refractivity (Wildman–Crippen MR) is 126 cm³/mol. The number of carbonyl (C=O) groups is 2. The molecule has 0 radical (unpaired) electrons. The first kappa shape index (κ1) is 23.1. The minimum Gasteiger partial charge on any atom is -0.468 e. The molecule has 1 aliphatic heterocycles. The third-order valence-electron chi connectivity index (χ3n) is 5.91. The van der Waals surface area contributed by atoms with Gasteiger partial charge in [0.1, 0.15) is 22.6 Å². The van der Waals surface area contributed by atoms with Gasteiger partial charge >= 0.3 is 5.97 Å². The molecule has 3 aromatic rings. The Balaban J connectivity index is 1.42. The fourth-order valence-electron chi connectivity index (χ4n) is 3.99. The second-order valence-corrected chi connectivity index (χ2v) is 8.75. The van der Waals surface area contributed by atoms with Crippen molar-refractivity contribution in [3.63, 3.8) is 0 Å². The van der Waals surface area contributed by atoms with Crippen LogP contribution in [-0.4, -0.2) is 59.9 Å². The molecule has 4 rings (SSSR count). The van der Waals surface area contributed by atoms with E-state index < -0.39 is 12.0 Å². The second-order valence-electron chi connectivity index (χ2n) is 7.89. The number of ether oxygens (including phenoxy) is 1. The standard InChI is InChI=1S/C25H26FN3O3S/c1-3-17-4-6-19(7-5-17)23-27-21(16-33-23)24(30)29-14-12-28(13-15-29)22(25(31)32-2)18-8-10-20(26)11-9-18/h4-11,16,22H,3,12-15H2,1-2H3/t22-/m0/s1. The number of hydrogen-bond donors (Lipinski definition) is 0. The van der Waals surface area contributed by atoms with E-state index in [2.05, 4.69) is 24.0 Å². The van der Waals surface area contributed by atoms with Gasteiger partial charge in [0.2, 0.25) is 0 Å². The Hall–Kier alpha value is -3.10. The number of thiazole rings is 1. The Morgan fingerprint density at radius 3 is 2.33 bits per heavy atom. The van der Waals surface area contributed by atoms with Gasteiger partial charge in [-0.1, -0.05) is 43.3 Å². The average Bonchev–Trinajstić information content (AvgIpc) is 3.35. The van der Waals surface area contributed by atoms with E-state index >= 15 is 0 Å². The highest BCUT2D eigenvalue weighted by Crippen LogP contribution is 2.27. The molecule has 1 aliphatic rings. The summed E-state index contributed by atoms with van der Waals surface area (Å²) in [6.45, 7) is 4.04. The quantitative estimate of drug-likeness (QED) is 0.509. The first-order valence-corrected chi connectivity index (χ1v) is 11.8. The lowest BCUT2D eigenvalue weighted by Gasteiger charge is -2.38. The molecule has 2 aromatic carbocycles. The fraction of sp³-hybridized carbons (Fsp3) is 0.320. The van der Waals surface area contributed by atoms with E-state index in [1.807, 2.05) is 17.0 Å². The van der Waals surface area contributed by atoms with Gasteiger partial charge in [0.05, 0.1) is 7.11 Å². The van der Waals surface area contributed by atoms with Gasteiger partial charge in [-0.25, -0.2) is 14.2 Å². The number of nitrogens with zero attached hydrogens (tertiary/aromatic N) is 3. The van der Waals surface area contributed by atoms with E-state index in [-0.39, 0.29) is 11.7 Å². The van der Waals surface area contributed by atoms with Crippen LogP contribution in [0.15, 0.2) is 53.9 Å². The summed E-state index contributed by atoms with van der Waals surface area (Å²) in [4.78, 5) is 33.8. The molecule has 172 valence electrons. The number of rotatable bonds is 6. The number of methoxy groups -OCH3 is 1. The lowest BCUT2D eigenvalue weighted by atomic mass is 10.0. The molecule has 1 atom stereocenters. The zero-order valence-electron chi connectivity index (χ0n) is 18.7. The van der Waals surface area contributed by atoms with Crippen LogP contribution in [0, 0.1) is 5.82 Å². The van der Waals surface area contributed by atoms with Gasteiger partial charge in [-0.2, -0.15) is 0 Å². The molecule has 1 fully saturated rings. The zero-order chi connectivity index (χ0) is 23.4. The third kappa shape index (κ3) is 5.12. The summed E-state index contributed by atoms with van der Waals surface area (Å²) in [7, 11) is 1.34. The van der Waals surface area contributed by atoms with Gasteiger partial charge in [0, 0.05) is 37.1 Å². The Bertz CT molecular complexity index is 1110. The molecule has 6 nitrogen and oxygen atoms in total. The van der Waals surface area contributed by atoms with Crippen LogP contribution in [-0.2, 0) is 16.0 Å². The molecule has 0 N–H and O–H groups in total. The number of aryl methyl sites for hydroxylation is 1. The number of esters is 1. The van der Waals surface area contributed by atoms with Crippen LogP contribution in [0.1, 0.15) is 34.6 Å². The van der Waals surface area contributed by atoms with Crippen molar-refractivity contribution in [2.24, 2.45) is 0 Å². The molecule has 0 spiro atoms. The summed E-state index contributed by atoms with van der Waals surface area (Å²) in [5.41, 5.74) is 3.36. The summed E-state index contributed by atoms with van der Waals surface area (Å²) < 4.78 is 18.3. The Kier molecular flexibility index (Phi) is 7.15. The first-order chi connectivity index (χ1) is 16.0. The summed E-state index contributed by atoms with van der Waals surface area (Å²) in [5.74, 6) is -0.875. The highest BCUT2D eigenvalue weighted by Gasteiger charge is 2.33. The van der Waals surface area contributed by atoms with Crippen molar-refractivity contribution >= 4 is 23.2 Å². The molecule has 0 bridgehead atoms. The van der Waals surface area contributed by atoms with Crippen molar-refractivity contribution in [3.8, 4) is 10.6 Å². The van der Waals surface area contributed by atoms with E-state index in [0.717, 1.165) is 17.0 Å². The van der Waals surface area contributed by atoms with Gasteiger partial charge in [0.15, 0.2) is 0 Å². The summed E-state index contributed by atoms with van der Waals surface area (Å²) in [6.07, 6.45) is 0.978. The van der Waals surface area contributed by atoms with Crippen LogP contribution in [0.5, 0.6) is 0 Å². The monoisotopic (exact) mass is 467 g/mol. The minimum absolute atomic E-state index is 0.112. The van der Waals surface area contributed by atoms with Crippen LogP contribution < -0.4 is 0 Å². The van der Waals surface area contributed by atoms with Crippen LogP contribution in [0.25, 0.3) is 10.6 Å². The van der Waals surface area contributed by atoms with Crippen LogP contribution in [0.3, 0.4) is 0 Å². The largest absolute Gasteiger partial charge is 0.468 e. The van der Waals surface area contributed by atoms with Crippen molar-refractivity contribution in [2.45, 2.75) is 19.4 Å². The normalized spacial score (nSPS) is 15.3. The number of aromatic nitrogens is 1. The second kappa shape index (κ2) is 10.2. The minimum atomic E-state index is -0.634. The van der Waals surface area contributed by atoms with Gasteiger partial charge < -0.3 is 9.64 Å². The van der Waals surface area contributed by atoms with E-state index in [0.29, 0.717) is 37.4 Å². The molecular formula is C25H26FN3O3S. The van der Waals surface area contributed by atoms with E-state index in [9.17, 15) is 14.0 Å². The van der Waals surface area contributed by atoms with Crippen LogP contribution in [0.4, 0.5) is 4.39 Å². The maximum Gasteiger partial charge on any atom is 0.327 e. The third-order valence-corrected chi connectivity index (χ3v) is 6.80. The highest BCUT2D eigenvalue weighted by atomic mass is 32.1. The van der Waals surface area contributed by atoms with Crippen molar-refractivity contribution in [1.29, 1.82) is 0 Å². The van der Waals surface area contributed by atoms with Crippen molar-refractivity contribution in [2.75, 3.05) is 33.3 Å². The molecule has 1 amide bonds. The van der Waals surface area contributed by atoms with Crippen molar-refractivity contribution < 1.29 is 18.7 Å². The molecule has 0 unspecified atom stereocenters. The van der Waals surface area contributed by atoms with E-state index in [1.54, 1.807) is 22.4 Å². The van der Waals surface area contributed by atoms with Gasteiger partial charge in [0.25, 0.3) is 5.91 Å². The molecular weight excluding hydrogens is 441 g/mol. The smallest absolute Gasteiger partial charge is 0.327 e. The Morgan fingerprint density at radius 1 is 1.06 bits per heavy atom. The molecule has 0 saturated carbocycles. The number of hydrogen-bond acceptors (Lipinski definition) is 6. The Morgan fingerprint density at radius 2 is 1.73 bits per heavy atom. The number of halogens is 1. The highest BCUT2D eigenvalue weighted by molar-refractivity contribution is 7.13. The topological polar surface area (TPSA) is 62.7 Å². The molecule has 33 heavy (non-hydrogen) atoms. The lowest BCUT2D eigenvalue weighted by molar-refractivity contribution is -0.148. The van der Waals surface area contributed by atoms with E-state index in [1.165, 1.54) is 36.1 Å². The average molecular weight is 468 g/mol. The van der Waals surface area contributed by atoms with Gasteiger partial charge in [-0.05, 0) is 29.7 Å². The zero-order valence-corrected chi connectivity index (χ0v) is 19.5.